The number of fused-ring (bicyclic) bond motifs is 1. The summed E-state index contributed by atoms with van der Waals surface area (Å²) < 4.78 is 0. The van der Waals surface area contributed by atoms with E-state index in [-0.39, 0.29) is 0 Å². The van der Waals surface area contributed by atoms with Crippen LogP contribution in [0.25, 0.3) is 29.1 Å². The molecule has 0 aliphatic carbocycles. The van der Waals surface area contributed by atoms with E-state index in [0.29, 0.717) is 0 Å². The molecule has 0 bridgehead atoms. The molecule has 0 unspecified atom stereocenters. The molecule has 1 aromatic carbocycles. The molecule has 3 aromatic rings. The molecule has 0 radical (unpaired) electrons. The van der Waals surface area contributed by atoms with Gasteiger partial charge in [0.15, 0.2) is 0 Å². The molecule has 5 heteroatoms. The van der Waals surface area contributed by atoms with Gasteiger partial charge >= 0.3 is 0 Å². The molecule has 0 atom stereocenters. The van der Waals surface area contributed by atoms with Gasteiger partial charge in [0, 0.05) is 40.3 Å². The zero-order valence-electron chi connectivity index (χ0n) is 13.3. The zero-order chi connectivity index (χ0) is 16.4. The highest BCUT2D eigenvalue weighted by molar-refractivity contribution is 8.02. The second kappa shape index (κ2) is 6.71. The standard InChI is InChI=1S/C19H17N3S2/c1-22-13-24-11-15(22)7-8-17-16-4-2-3-5-18(16)21-19(17)9-6-14-10-23-12-20-14/h2-12,21H,13H2,1H3/b8-7+,9-6+. The van der Waals surface area contributed by atoms with Gasteiger partial charge in [0.2, 0.25) is 0 Å². The van der Waals surface area contributed by atoms with Gasteiger partial charge in [0.25, 0.3) is 0 Å². The van der Waals surface area contributed by atoms with Crippen molar-refractivity contribution in [2.24, 2.45) is 0 Å². The van der Waals surface area contributed by atoms with E-state index in [9.17, 15) is 0 Å². The lowest BCUT2D eigenvalue weighted by Crippen LogP contribution is -2.09. The number of allylic oxidation sites excluding steroid dienone is 1. The Balaban J connectivity index is 1.74. The van der Waals surface area contributed by atoms with Crippen molar-refractivity contribution in [1.29, 1.82) is 0 Å². The normalized spacial score (nSPS) is 15.2. The molecule has 0 saturated carbocycles. The van der Waals surface area contributed by atoms with E-state index in [1.165, 1.54) is 16.6 Å². The molecule has 0 saturated heterocycles. The monoisotopic (exact) mass is 351 g/mol. The van der Waals surface area contributed by atoms with E-state index in [1.807, 2.05) is 22.7 Å². The fourth-order valence-electron chi connectivity index (χ4n) is 2.70. The van der Waals surface area contributed by atoms with Crippen molar-refractivity contribution in [2.45, 2.75) is 0 Å². The molecule has 3 nitrogen and oxygen atoms in total. The number of benzene rings is 1. The van der Waals surface area contributed by atoms with Crippen LogP contribution < -0.4 is 0 Å². The molecule has 3 heterocycles. The van der Waals surface area contributed by atoms with Crippen LogP contribution in [0.15, 0.2) is 52.3 Å². The number of hydrogen-bond donors (Lipinski definition) is 1. The average molecular weight is 352 g/mol. The number of thiazole rings is 1. The summed E-state index contributed by atoms with van der Waals surface area (Å²) in [6, 6.07) is 8.42. The molecule has 0 amide bonds. The third kappa shape index (κ3) is 3.05. The Kier molecular flexibility index (Phi) is 4.28. The summed E-state index contributed by atoms with van der Waals surface area (Å²) >= 11 is 3.44. The predicted molar refractivity (Wildman–Crippen MR) is 107 cm³/mol. The summed E-state index contributed by atoms with van der Waals surface area (Å²) in [7, 11) is 2.12. The molecule has 1 N–H and O–H groups in total. The molecule has 1 aliphatic rings. The van der Waals surface area contributed by atoms with Gasteiger partial charge in [-0.25, -0.2) is 4.98 Å². The number of likely N-dealkylation sites (N-methyl/N-ethyl adjacent to an activating group) is 1. The van der Waals surface area contributed by atoms with Crippen molar-refractivity contribution in [3.8, 4) is 0 Å². The van der Waals surface area contributed by atoms with Crippen LogP contribution in [0.2, 0.25) is 0 Å². The molecule has 120 valence electrons. The Morgan fingerprint density at radius 2 is 2.08 bits per heavy atom. The van der Waals surface area contributed by atoms with Crippen LogP contribution in [0, 0.1) is 0 Å². The maximum atomic E-state index is 4.32. The number of nitrogens with one attached hydrogen (secondary N) is 1. The minimum atomic E-state index is 0.989. The van der Waals surface area contributed by atoms with Gasteiger partial charge in [-0.3, -0.25) is 0 Å². The number of para-hydroxylation sites is 1. The second-order valence-electron chi connectivity index (χ2n) is 5.61. The largest absolute Gasteiger partial charge is 0.365 e. The second-order valence-corrected chi connectivity index (χ2v) is 7.16. The van der Waals surface area contributed by atoms with Crippen LogP contribution in [0.5, 0.6) is 0 Å². The fraction of sp³-hybridized carbons (Fsp3) is 0.105. The van der Waals surface area contributed by atoms with Crippen molar-refractivity contribution in [1.82, 2.24) is 14.9 Å². The van der Waals surface area contributed by atoms with Crippen molar-refractivity contribution in [3.05, 3.63) is 69.3 Å². The van der Waals surface area contributed by atoms with Crippen molar-refractivity contribution < 1.29 is 0 Å². The average Bonchev–Trinajstić information content (AvgIpc) is 3.31. The van der Waals surface area contributed by atoms with Gasteiger partial charge in [-0.1, -0.05) is 24.3 Å². The SMILES string of the molecule is CN1CSC=C1/C=C/c1c(/C=C/c2cscn2)[nH]c2ccccc12. The topological polar surface area (TPSA) is 31.9 Å². The Morgan fingerprint density at radius 3 is 2.88 bits per heavy atom. The molecule has 4 rings (SSSR count). The zero-order valence-corrected chi connectivity index (χ0v) is 14.9. The number of H-pyrrole nitrogens is 1. The number of hydrogen-bond acceptors (Lipinski definition) is 4. The Labute approximate surface area is 149 Å². The fourth-order valence-corrected chi connectivity index (χ4v) is 4.10. The number of aromatic nitrogens is 2. The number of aromatic amines is 1. The maximum Gasteiger partial charge on any atom is 0.0798 e. The summed E-state index contributed by atoms with van der Waals surface area (Å²) in [5, 5.41) is 5.49. The van der Waals surface area contributed by atoms with E-state index < -0.39 is 0 Å². The van der Waals surface area contributed by atoms with Crippen molar-refractivity contribution in [2.75, 3.05) is 12.9 Å². The lowest BCUT2D eigenvalue weighted by molar-refractivity contribution is 0.520. The Morgan fingerprint density at radius 1 is 1.17 bits per heavy atom. The molecule has 1 aliphatic heterocycles. The molecular weight excluding hydrogens is 334 g/mol. The Hall–Kier alpha value is -2.24. The van der Waals surface area contributed by atoms with Crippen molar-refractivity contribution >= 4 is 52.2 Å². The minimum Gasteiger partial charge on any atom is -0.365 e. The van der Waals surface area contributed by atoms with E-state index in [1.54, 1.807) is 11.3 Å². The summed E-state index contributed by atoms with van der Waals surface area (Å²) in [6.07, 6.45) is 8.55. The first-order chi connectivity index (χ1) is 11.8. The van der Waals surface area contributed by atoms with Gasteiger partial charge in [0.05, 0.1) is 17.1 Å². The highest BCUT2D eigenvalue weighted by Gasteiger charge is 2.10. The molecular formula is C19H17N3S2. The van der Waals surface area contributed by atoms with Gasteiger partial charge in [-0.05, 0) is 29.7 Å². The smallest absolute Gasteiger partial charge is 0.0798 e. The minimum absolute atomic E-state index is 0.989. The highest BCUT2D eigenvalue weighted by atomic mass is 32.2. The molecule has 24 heavy (non-hydrogen) atoms. The molecule has 0 spiro atoms. The van der Waals surface area contributed by atoms with Gasteiger partial charge in [0.1, 0.15) is 0 Å². The van der Waals surface area contributed by atoms with Crippen LogP contribution in [0.1, 0.15) is 17.0 Å². The Bertz CT molecular complexity index is 933. The first-order valence-corrected chi connectivity index (χ1v) is 9.68. The van der Waals surface area contributed by atoms with Crippen LogP contribution in [0.4, 0.5) is 0 Å². The third-order valence-electron chi connectivity index (χ3n) is 3.98. The van der Waals surface area contributed by atoms with Crippen LogP contribution in [-0.4, -0.2) is 27.8 Å². The lowest BCUT2D eigenvalue weighted by Gasteiger charge is -2.11. The first kappa shape index (κ1) is 15.3. The van der Waals surface area contributed by atoms with E-state index in [2.05, 4.69) is 75.9 Å². The molecule has 0 fully saturated rings. The van der Waals surface area contributed by atoms with Crippen LogP contribution >= 0.6 is 23.1 Å². The van der Waals surface area contributed by atoms with Crippen LogP contribution in [-0.2, 0) is 0 Å². The first-order valence-electron chi connectivity index (χ1n) is 7.69. The molecule has 2 aromatic heterocycles. The summed E-state index contributed by atoms with van der Waals surface area (Å²) in [4.78, 5) is 10.1. The predicted octanol–water partition coefficient (Wildman–Crippen LogP) is 5.29. The van der Waals surface area contributed by atoms with Gasteiger partial charge in [-0.15, -0.1) is 23.1 Å². The highest BCUT2D eigenvalue weighted by Crippen LogP contribution is 2.28. The quantitative estimate of drug-likeness (QED) is 0.693. The van der Waals surface area contributed by atoms with Crippen LogP contribution in [0.3, 0.4) is 0 Å². The number of rotatable bonds is 4. The van der Waals surface area contributed by atoms with E-state index in [0.717, 1.165) is 22.8 Å². The number of nitrogens with zero attached hydrogens (tertiary/aromatic N) is 2. The van der Waals surface area contributed by atoms with E-state index in [4.69, 9.17) is 0 Å². The van der Waals surface area contributed by atoms with E-state index >= 15 is 0 Å². The summed E-state index contributed by atoms with van der Waals surface area (Å²) in [5.74, 6) is 1.02. The summed E-state index contributed by atoms with van der Waals surface area (Å²) in [5.41, 5.74) is 7.56. The summed E-state index contributed by atoms with van der Waals surface area (Å²) in [6.45, 7) is 0. The van der Waals surface area contributed by atoms with Gasteiger partial charge in [-0.2, -0.15) is 0 Å². The third-order valence-corrected chi connectivity index (χ3v) is 5.53. The number of thioether (sulfide) groups is 1. The maximum absolute atomic E-state index is 4.32. The van der Waals surface area contributed by atoms with Crippen molar-refractivity contribution in [3.63, 3.8) is 0 Å². The lowest BCUT2D eigenvalue weighted by atomic mass is 10.1. The van der Waals surface area contributed by atoms with Gasteiger partial charge < -0.3 is 9.88 Å².